The van der Waals surface area contributed by atoms with Crippen LogP contribution in [0.1, 0.15) is 37.3 Å². The molecule has 17 heavy (non-hydrogen) atoms. The number of hydrogen-bond acceptors (Lipinski definition) is 2. The van der Waals surface area contributed by atoms with Crippen LogP contribution in [0.2, 0.25) is 0 Å². The van der Waals surface area contributed by atoms with Crippen LogP contribution in [0.4, 0.5) is 0 Å². The zero-order valence-electron chi connectivity index (χ0n) is 10.2. The van der Waals surface area contributed by atoms with Gasteiger partial charge in [0.2, 0.25) is 0 Å². The minimum Gasteiger partial charge on any atom is -0.481 e. The number of carboxylic acids is 1. The minimum atomic E-state index is -0.734. The molecule has 1 aliphatic rings. The fourth-order valence-corrected chi connectivity index (χ4v) is 2.95. The van der Waals surface area contributed by atoms with Crippen molar-refractivity contribution in [1.82, 2.24) is 5.32 Å². The van der Waals surface area contributed by atoms with Gasteiger partial charge in [0.25, 0.3) is 0 Å². The highest BCUT2D eigenvalue weighted by molar-refractivity contribution is 5.69. The van der Waals surface area contributed by atoms with Crippen LogP contribution in [0.25, 0.3) is 0 Å². The second kappa shape index (κ2) is 4.88. The first-order valence-corrected chi connectivity index (χ1v) is 6.23. The molecule has 0 aromatic heterocycles. The van der Waals surface area contributed by atoms with Crippen molar-refractivity contribution >= 4 is 5.97 Å². The third-order valence-corrected chi connectivity index (χ3v) is 3.55. The lowest BCUT2D eigenvalue weighted by Crippen LogP contribution is -2.46. The van der Waals surface area contributed by atoms with E-state index in [4.69, 9.17) is 5.11 Å². The highest BCUT2D eigenvalue weighted by atomic mass is 16.4. The van der Waals surface area contributed by atoms with Gasteiger partial charge in [0, 0.05) is 0 Å². The maximum Gasteiger partial charge on any atom is 0.305 e. The predicted octanol–water partition coefficient (Wildman–Crippen LogP) is 2.30. The lowest BCUT2D eigenvalue weighted by Gasteiger charge is -2.39. The second-order valence-electron chi connectivity index (χ2n) is 4.69. The van der Waals surface area contributed by atoms with Crippen LogP contribution in [0.15, 0.2) is 24.3 Å². The van der Waals surface area contributed by atoms with Crippen molar-refractivity contribution < 1.29 is 9.90 Å². The molecule has 0 saturated heterocycles. The predicted molar refractivity (Wildman–Crippen MR) is 67.0 cm³/mol. The van der Waals surface area contributed by atoms with E-state index >= 15 is 0 Å². The molecule has 0 heterocycles. The Morgan fingerprint density at radius 1 is 1.47 bits per heavy atom. The van der Waals surface area contributed by atoms with E-state index in [1.54, 1.807) is 0 Å². The first-order chi connectivity index (χ1) is 8.18. The summed E-state index contributed by atoms with van der Waals surface area (Å²) in [5.41, 5.74) is 2.10. The van der Waals surface area contributed by atoms with Gasteiger partial charge >= 0.3 is 5.97 Å². The Bertz CT molecular complexity index is 416. The van der Waals surface area contributed by atoms with E-state index in [-0.39, 0.29) is 12.0 Å². The Kier molecular flexibility index (Phi) is 3.48. The number of carboxylic acid groups (broad SMARTS) is 1. The van der Waals surface area contributed by atoms with E-state index in [9.17, 15) is 4.79 Å². The largest absolute Gasteiger partial charge is 0.481 e. The second-order valence-corrected chi connectivity index (χ2v) is 4.69. The number of carbonyl (C=O) groups is 1. The average Bonchev–Trinajstić information content (AvgIpc) is 2.29. The first-order valence-electron chi connectivity index (χ1n) is 6.23. The van der Waals surface area contributed by atoms with Gasteiger partial charge < -0.3 is 10.4 Å². The quantitative estimate of drug-likeness (QED) is 0.839. The van der Waals surface area contributed by atoms with Gasteiger partial charge in [-0.3, -0.25) is 4.79 Å². The molecule has 1 atom stereocenters. The van der Waals surface area contributed by atoms with Crippen LogP contribution < -0.4 is 5.32 Å². The van der Waals surface area contributed by atoms with Crippen molar-refractivity contribution in [3.8, 4) is 0 Å². The van der Waals surface area contributed by atoms with E-state index in [0.29, 0.717) is 0 Å². The number of benzene rings is 1. The number of aryl methyl sites for hydroxylation is 1. The number of nitrogens with one attached hydrogen (secondary N) is 1. The number of rotatable bonds is 4. The van der Waals surface area contributed by atoms with Gasteiger partial charge in [0.05, 0.1) is 12.0 Å². The van der Waals surface area contributed by atoms with E-state index in [1.807, 2.05) is 19.1 Å². The summed E-state index contributed by atoms with van der Waals surface area (Å²) in [6.45, 7) is 2.82. The molecule has 0 saturated carbocycles. The summed E-state index contributed by atoms with van der Waals surface area (Å²) >= 11 is 0. The molecule has 0 fully saturated rings. The molecule has 1 aromatic carbocycles. The zero-order valence-corrected chi connectivity index (χ0v) is 10.2. The number of aliphatic carboxylic acids is 1. The molecule has 0 amide bonds. The van der Waals surface area contributed by atoms with Crippen LogP contribution in [-0.2, 0) is 16.8 Å². The molecule has 1 aliphatic carbocycles. The van der Waals surface area contributed by atoms with Crippen LogP contribution in [-0.4, -0.2) is 17.6 Å². The lowest BCUT2D eigenvalue weighted by molar-refractivity contribution is -0.139. The Morgan fingerprint density at radius 3 is 2.94 bits per heavy atom. The maximum atomic E-state index is 11.1. The van der Waals surface area contributed by atoms with Crippen LogP contribution in [0.3, 0.4) is 0 Å². The van der Waals surface area contributed by atoms with Crippen molar-refractivity contribution in [2.45, 2.75) is 38.1 Å². The molecular formula is C14H19NO2. The maximum absolute atomic E-state index is 11.1. The van der Waals surface area contributed by atoms with Crippen LogP contribution in [0, 0.1) is 0 Å². The molecule has 0 radical (unpaired) electrons. The Morgan fingerprint density at radius 2 is 2.24 bits per heavy atom. The summed E-state index contributed by atoms with van der Waals surface area (Å²) < 4.78 is 0. The molecule has 1 unspecified atom stereocenters. The summed E-state index contributed by atoms with van der Waals surface area (Å²) in [6.07, 6.45) is 3.18. The molecular weight excluding hydrogens is 214 g/mol. The molecule has 92 valence electrons. The Hall–Kier alpha value is -1.35. The minimum absolute atomic E-state index is 0.165. The van der Waals surface area contributed by atoms with Crippen molar-refractivity contribution in [1.29, 1.82) is 0 Å². The highest BCUT2D eigenvalue weighted by Crippen LogP contribution is 2.37. The van der Waals surface area contributed by atoms with E-state index in [1.165, 1.54) is 11.1 Å². The van der Waals surface area contributed by atoms with E-state index in [0.717, 1.165) is 25.8 Å². The van der Waals surface area contributed by atoms with Gasteiger partial charge in [0.15, 0.2) is 0 Å². The summed E-state index contributed by atoms with van der Waals surface area (Å²) in [5, 5.41) is 12.5. The summed E-state index contributed by atoms with van der Waals surface area (Å²) in [5.74, 6) is -0.734. The summed E-state index contributed by atoms with van der Waals surface area (Å²) in [4.78, 5) is 11.1. The summed E-state index contributed by atoms with van der Waals surface area (Å²) in [6, 6.07) is 8.21. The fraction of sp³-hybridized carbons (Fsp3) is 0.500. The molecule has 0 bridgehead atoms. The third-order valence-electron chi connectivity index (χ3n) is 3.55. The molecule has 1 aromatic rings. The molecule has 2 N–H and O–H groups in total. The van der Waals surface area contributed by atoms with Crippen molar-refractivity contribution in [3.05, 3.63) is 35.4 Å². The monoisotopic (exact) mass is 233 g/mol. The van der Waals surface area contributed by atoms with E-state index in [2.05, 4.69) is 17.4 Å². The van der Waals surface area contributed by atoms with Crippen molar-refractivity contribution in [3.63, 3.8) is 0 Å². The summed E-state index contributed by atoms with van der Waals surface area (Å²) in [7, 11) is 0. The topological polar surface area (TPSA) is 49.3 Å². The lowest BCUT2D eigenvalue weighted by atomic mass is 9.74. The smallest absolute Gasteiger partial charge is 0.305 e. The SMILES string of the molecule is CCNC1(CC(=O)O)CCCc2ccccc21. The molecule has 3 heteroatoms. The normalized spacial score (nSPS) is 23.1. The van der Waals surface area contributed by atoms with Gasteiger partial charge in [0.1, 0.15) is 0 Å². The zero-order chi connectivity index (χ0) is 12.3. The van der Waals surface area contributed by atoms with Crippen molar-refractivity contribution in [2.75, 3.05) is 6.54 Å². The highest BCUT2D eigenvalue weighted by Gasteiger charge is 2.37. The average molecular weight is 233 g/mol. The number of hydrogen-bond donors (Lipinski definition) is 2. The van der Waals surface area contributed by atoms with Crippen LogP contribution >= 0.6 is 0 Å². The van der Waals surface area contributed by atoms with Gasteiger partial charge in [-0.2, -0.15) is 0 Å². The molecule has 2 rings (SSSR count). The Labute approximate surface area is 102 Å². The molecule has 0 spiro atoms. The van der Waals surface area contributed by atoms with Gasteiger partial charge in [-0.15, -0.1) is 0 Å². The van der Waals surface area contributed by atoms with Gasteiger partial charge in [-0.1, -0.05) is 31.2 Å². The number of fused-ring (bicyclic) bond motifs is 1. The third kappa shape index (κ3) is 2.34. The molecule has 0 aliphatic heterocycles. The van der Waals surface area contributed by atoms with Crippen molar-refractivity contribution in [2.24, 2.45) is 0 Å². The van der Waals surface area contributed by atoms with Gasteiger partial charge in [-0.25, -0.2) is 0 Å². The Balaban J connectivity index is 2.43. The first kappa shape index (κ1) is 12.1. The van der Waals surface area contributed by atoms with E-state index < -0.39 is 5.97 Å². The molecule has 3 nitrogen and oxygen atoms in total. The standard InChI is InChI=1S/C14H19NO2/c1-2-15-14(10-13(16)17)9-5-7-11-6-3-4-8-12(11)14/h3-4,6,8,15H,2,5,7,9-10H2,1H3,(H,16,17). The fourth-order valence-electron chi connectivity index (χ4n) is 2.95. The van der Waals surface area contributed by atoms with Gasteiger partial charge in [-0.05, 0) is 36.9 Å². The van der Waals surface area contributed by atoms with Crippen LogP contribution in [0.5, 0.6) is 0 Å².